The molecule has 11 heteroatoms. The number of benzene rings is 1. The third kappa shape index (κ3) is 2.77. The van der Waals surface area contributed by atoms with Gasteiger partial charge in [-0.2, -0.15) is 13.2 Å². The zero-order valence-corrected chi connectivity index (χ0v) is 15.5. The van der Waals surface area contributed by atoms with Crippen LogP contribution in [0.2, 0.25) is 0 Å². The van der Waals surface area contributed by atoms with E-state index in [1.165, 1.54) is 15.3 Å². The number of carboxylic acids is 1. The molecule has 2 N–H and O–H groups in total. The number of aryl methyl sites for hydroxylation is 1. The number of carboxylic acid groups (broad SMARTS) is 1. The predicted octanol–water partition coefficient (Wildman–Crippen LogP) is 3.43. The van der Waals surface area contributed by atoms with Crippen LogP contribution in [-0.4, -0.2) is 25.2 Å². The highest BCUT2D eigenvalue weighted by Crippen LogP contribution is 2.35. The van der Waals surface area contributed by atoms with Gasteiger partial charge in [-0.05, 0) is 25.1 Å². The van der Waals surface area contributed by atoms with Gasteiger partial charge >= 0.3 is 17.8 Å². The predicted molar refractivity (Wildman–Crippen MR) is 101 cm³/mol. The Morgan fingerprint density at radius 3 is 2.55 bits per heavy atom. The molecule has 1 aromatic carbocycles. The third-order valence-electron chi connectivity index (χ3n) is 4.65. The zero-order valence-electron chi connectivity index (χ0n) is 14.7. The first-order valence-electron chi connectivity index (χ1n) is 8.33. The molecule has 0 saturated carbocycles. The third-order valence-corrected chi connectivity index (χ3v) is 5.39. The van der Waals surface area contributed by atoms with Crippen molar-refractivity contribution in [3.63, 3.8) is 0 Å². The van der Waals surface area contributed by atoms with Crippen molar-refractivity contribution in [2.45, 2.75) is 19.6 Å². The largest absolute Gasteiger partial charge is 0.477 e. The van der Waals surface area contributed by atoms with E-state index in [1.54, 1.807) is 6.92 Å². The molecule has 0 aliphatic rings. The summed E-state index contributed by atoms with van der Waals surface area (Å²) in [6.45, 7) is 1.72. The Morgan fingerprint density at radius 2 is 1.93 bits per heavy atom. The van der Waals surface area contributed by atoms with E-state index in [0.717, 1.165) is 29.5 Å². The number of fused-ring (bicyclic) bond motifs is 2. The van der Waals surface area contributed by atoms with Gasteiger partial charge in [0.05, 0.1) is 27.7 Å². The smallest absolute Gasteiger partial charge is 0.416 e. The summed E-state index contributed by atoms with van der Waals surface area (Å²) in [6, 6.07) is 2.73. The van der Waals surface area contributed by atoms with Crippen molar-refractivity contribution in [3.05, 3.63) is 61.1 Å². The number of nitrogens with zero attached hydrogens (tertiary/aromatic N) is 2. The van der Waals surface area contributed by atoms with E-state index in [0.29, 0.717) is 4.57 Å². The number of hydrogen-bond acceptors (Lipinski definition) is 4. The molecule has 29 heavy (non-hydrogen) atoms. The van der Waals surface area contributed by atoms with Crippen LogP contribution >= 0.6 is 11.3 Å². The summed E-state index contributed by atoms with van der Waals surface area (Å²) in [5.41, 5.74) is -3.14. The van der Waals surface area contributed by atoms with Crippen LogP contribution in [0.1, 0.15) is 23.0 Å². The van der Waals surface area contributed by atoms with Crippen LogP contribution in [0, 0.1) is 0 Å². The first kappa shape index (κ1) is 19.0. The highest BCUT2D eigenvalue weighted by atomic mass is 32.1. The Bertz CT molecular complexity index is 1410. The second-order valence-electron chi connectivity index (χ2n) is 6.25. The maximum absolute atomic E-state index is 13.3. The van der Waals surface area contributed by atoms with Crippen molar-refractivity contribution in [1.82, 2.24) is 14.1 Å². The molecule has 0 fully saturated rings. The van der Waals surface area contributed by atoms with Crippen LogP contribution in [0.5, 0.6) is 0 Å². The number of carbonyl (C=O) groups is 1. The topological polar surface area (TPSA) is 97.1 Å². The van der Waals surface area contributed by atoms with Gasteiger partial charge in [-0.3, -0.25) is 4.79 Å². The zero-order chi connectivity index (χ0) is 21.1. The SMILES string of the molecule is CCn1c(C(=O)O)c(-n2c(=O)[nH]c3cscc3c2=O)c2cc(C(F)(F)F)ccc21. The Morgan fingerprint density at radius 1 is 1.21 bits per heavy atom. The van der Waals surface area contributed by atoms with Gasteiger partial charge in [0, 0.05) is 22.7 Å². The normalized spacial score (nSPS) is 12.1. The van der Waals surface area contributed by atoms with Crippen LogP contribution in [-0.2, 0) is 12.7 Å². The number of rotatable bonds is 3. The summed E-state index contributed by atoms with van der Waals surface area (Å²) in [7, 11) is 0. The van der Waals surface area contributed by atoms with Crippen LogP contribution in [0.3, 0.4) is 0 Å². The molecule has 0 aliphatic heterocycles. The minimum absolute atomic E-state index is 0.108. The number of alkyl halides is 3. The molecule has 0 saturated heterocycles. The van der Waals surface area contributed by atoms with E-state index in [4.69, 9.17) is 0 Å². The first-order valence-corrected chi connectivity index (χ1v) is 9.27. The van der Waals surface area contributed by atoms with Gasteiger partial charge in [0.1, 0.15) is 0 Å². The number of H-pyrrole nitrogens is 1. The van der Waals surface area contributed by atoms with Crippen molar-refractivity contribution < 1.29 is 23.1 Å². The van der Waals surface area contributed by atoms with E-state index in [-0.39, 0.29) is 34.0 Å². The minimum Gasteiger partial charge on any atom is -0.477 e. The Labute approximate surface area is 163 Å². The second kappa shape index (κ2) is 6.34. The number of thiophene rings is 1. The van der Waals surface area contributed by atoms with Gasteiger partial charge in [-0.25, -0.2) is 14.2 Å². The molecule has 0 bridgehead atoms. The Balaban J connectivity index is 2.24. The number of aromatic amines is 1. The number of hydrogen-bond donors (Lipinski definition) is 2. The van der Waals surface area contributed by atoms with Gasteiger partial charge in [-0.15, -0.1) is 11.3 Å². The van der Waals surface area contributed by atoms with Crippen LogP contribution in [0.4, 0.5) is 13.2 Å². The fraction of sp³-hybridized carbons (Fsp3) is 0.167. The van der Waals surface area contributed by atoms with E-state index in [1.807, 2.05) is 0 Å². The van der Waals surface area contributed by atoms with Crippen molar-refractivity contribution in [3.8, 4) is 5.69 Å². The fourth-order valence-electron chi connectivity index (χ4n) is 3.43. The Kier molecular flexibility index (Phi) is 4.15. The molecule has 150 valence electrons. The highest BCUT2D eigenvalue weighted by molar-refractivity contribution is 7.09. The fourth-order valence-corrected chi connectivity index (χ4v) is 4.19. The monoisotopic (exact) mass is 423 g/mol. The molecule has 3 heterocycles. The average Bonchev–Trinajstić information content (AvgIpc) is 3.23. The average molecular weight is 423 g/mol. The molecule has 0 amide bonds. The lowest BCUT2D eigenvalue weighted by atomic mass is 10.1. The molecule has 0 radical (unpaired) electrons. The van der Waals surface area contributed by atoms with E-state index < -0.39 is 34.7 Å². The molecular weight excluding hydrogens is 411 g/mol. The summed E-state index contributed by atoms with van der Waals surface area (Å²) in [4.78, 5) is 40.0. The standard InChI is InChI=1S/C18H12F3N3O4S/c1-2-23-12-4-3-8(18(19,20)21)5-9(12)13(14(23)16(26)27)24-15(25)10-6-29-7-11(10)22-17(24)28/h3-7H,2H2,1H3,(H,22,28)(H,26,27). The molecule has 0 unspecified atom stereocenters. The van der Waals surface area contributed by atoms with Crippen LogP contribution in [0.15, 0.2) is 38.5 Å². The van der Waals surface area contributed by atoms with Crippen molar-refractivity contribution in [2.75, 3.05) is 0 Å². The maximum Gasteiger partial charge on any atom is 0.416 e. The second-order valence-corrected chi connectivity index (χ2v) is 6.99. The first-order chi connectivity index (χ1) is 13.6. The van der Waals surface area contributed by atoms with Gasteiger partial charge in [0.2, 0.25) is 0 Å². The quantitative estimate of drug-likeness (QED) is 0.528. The summed E-state index contributed by atoms with van der Waals surface area (Å²) in [5.74, 6) is -1.47. The summed E-state index contributed by atoms with van der Waals surface area (Å²) >= 11 is 1.16. The van der Waals surface area contributed by atoms with Crippen LogP contribution < -0.4 is 11.2 Å². The summed E-state index contributed by atoms with van der Waals surface area (Å²) in [6.07, 6.45) is -4.68. The van der Waals surface area contributed by atoms with Gasteiger partial charge < -0.3 is 14.7 Å². The number of halogens is 3. The highest BCUT2D eigenvalue weighted by Gasteiger charge is 2.33. The molecular formula is C18H12F3N3O4S. The van der Waals surface area contributed by atoms with E-state index >= 15 is 0 Å². The van der Waals surface area contributed by atoms with Crippen molar-refractivity contribution in [2.24, 2.45) is 0 Å². The van der Waals surface area contributed by atoms with E-state index in [9.17, 15) is 32.7 Å². The summed E-state index contributed by atoms with van der Waals surface area (Å²) in [5, 5.41) is 12.8. The molecule has 3 aromatic heterocycles. The molecule has 7 nitrogen and oxygen atoms in total. The number of aromatic carboxylic acids is 1. The van der Waals surface area contributed by atoms with Crippen LogP contribution in [0.25, 0.3) is 27.5 Å². The van der Waals surface area contributed by atoms with Crippen molar-refractivity contribution in [1.29, 1.82) is 0 Å². The lowest BCUT2D eigenvalue weighted by molar-refractivity contribution is -0.137. The van der Waals surface area contributed by atoms with Crippen molar-refractivity contribution >= 4 is 39.1 Å². The molecule has 0 aliphatic carbocycles. The van der Waals surface area contributed by atoms with Gasteiger partial charge in [0.25, 0.3) is 5.56 Å². The van der Waals surface area contributed by atoms with Gasteiger partial charge in [-0.1, -0.05) is 0 Å². The Hall–Kier alpha value is -3.34. The minimum atomic E-state index is -4.68. The lowest BCUT2D eigenvalue weighted by Gasteiger charge is -2.08. The number of nitrogens with one attached hydrogen (secondary N) is 1. The molecule has 4 rings (SSSR count). The molecule has 4 aromatic rings. The lowest BCUT2D eigenvalue weighted by Crippen LogP contribution is -2.34. The molecule has 0 atom stereocenters. The maximum atomic E-state index is 13.3. The van der Waals surface area contributed by atoms with Gasteiger partial charge in [0.15, 0.2) is 5.69 Å². The van der Waals surface area contributed by atoms with E-state index in [2.05, 4.69) is 4.98 Å². The number of aromatic nitrogens is 3. The molecule has 0 spiro atoms. The summed E-state index contributed by atoms with van der Waals surface area (Å²) < 4.78 is 41.6.